The van der Waals surface area contributed by atoms with E-state index >= 15 is 0 Å². The number of nitrogens with two attached hydrogens (primary N) is 1. The van der Waals surface area contributed by atoms with Gasteiger partial charge in [0.2, 0.25) is 0 Å². The number of anilines is 1. The van der Waals surface area contributed by atoms with Crippen LogP contribution in [0, 0.1) is 0 Å². The van der Waals surface area contributed by atoms with E-state index in [0.29, 0.717) is 36.8 Å². The monoisotopic (exact) mass is 413 g/mol. The quantitative estimate of drug-likeness (QED) is 0.700. The third-order valence-corrected chi connectivity index (χ3v) is 7.03. The molecular weight excluding hydrogens is 390 g/mol. The summed E-state index contributed by atoms with van der Waals surface area (Å²) in [5, 5.41) is 0.0367. The SMILES string of the molecule is CC1(C)OCC2(CO1)OC[C@@H](n1cnc3c(N)ncnc31)[C@@H]2Sc1ccccc1. The van der Waals surface area contributed by atoms with E-state index in [9.17, 15) is 0 Å². The molecule has 2 atom stereocenters. The molecule has 0 bridgehead atoms. The highest BCUT2D eigenvalue weighted by atomic mass is 32.2. The van der Waals surface area contributed by atoms with Crippen molar-refractivity contribution in [1.29, 1.82) is 0 Å². The number of ether oxygens (including phenoxy) is 3. The Hall–Kier alpha value is -2.20. The number of hydrogen-bond donors (Lipinski definition) is 1. The van der Waals surface area contributed by atoms with Crippen molar-refractivity contribution >= 4 is 28.7 Å². The molecule has 2 aromatic heterocycles. The molecule has 0 aliphatic carbocycles. The number of nitrogen functional groups attached to an aromatic ring is 1. The minimum Gasteiger partial charge on any atom is -0.382 e. The third kappa shape index (κ3) is 3.28. The van der Waals surface area contributed by atoms with Crippen LogP contribution in [0.5, 0.6) is 0 Å². The Kier molecular flexibility index (Phi) is 4.50. The molecule has 5 rings (SSSR count). The molecule has 2 aliphatic heterocycles. The topological polar surface area (TPSA) is 97.3 Å². The molecule has 4 heterocycles. The van der Waals surface area contributed by atoms with Gasteiger partial charge >= 0.3 is 0 Å². The minimum absolute atomic E-state index is 0.00656. The summed E-state index contributed by atoms with van der Waals surface area (Å²) < 4.78 is 20.4. The maximum Gasteiger partial charge on any atom is 0.165 e. The van der Waals surface area contributed by atoms with Crippen molar-refractivity contribution in [3.8, 4) is 0 Å². The molecule has 9 heteroatoms. The van der Waals surface area contributed by atoms with Crippen molar-refractivity contribution < 1.29 is 14.2 Å². The second kappa shape index (κ2) is 6.94. The second-order valence-corrected chi connectivity index (χ2v) is 9.07. The van der Waals surface area contributed by atoms with E-state index < -0.39 is 11.4 Å². The molecule has 2 saturated heterocycles. The third-order valence-electron chi connectivity index (χ3n) is 5.49. The van der Waals surface area contributed by atoms with Crippen molar-refractivity contribution in [3.63, 3.8) is 0 Å². The Labute approximate surface area is 172 Å². The summed E-state index contributed by atoms with van der Waals surface area (Å²) in [5.41, 5.74) is 6.74. The van der Waals surface area contributed by atoms with Crippen molar-refractivity contribution in [2.75, 3.05) is 25.6 Å². The predicted octanol–water partition coefficient (Wildman–Crippen LogP) is 2.66. The molecule has 152 valence electrons. The number of nitrogens with zero attached hydrogens (tertiary/aromatic N) is 4. The van der Waals surface area contributed by atoms with Crippen LogP contribution in [-0.2, 0) is 14.2 Å². The van der Waals surface area contributed by atoms with Gasteiger partial charge in [-0.25, -0.2) is 15.0 Å². The number of imidazole rings is 1. The van der Waals surface area contributed by atoms with Crippen LogP contribution in [0.15, 0.2) is 47.9 Å². The van der Waals surface area contributed by atoms with Gasteiger partial charge in [0.15, 0.2) is 17.3 Å². The standard InChI is InChI=1S/C20H23N5O3S/c1-19(2)27-9-20(10-28-19)16(29-13-6-4-3-5-7-13)14(8-26-20)25-12-24-15-17(21)22-11-23-18(15)25/h3-7,11-12,14,16H,8-10H2,1-2H3,(H2,21,22,23)/t14-,16+/m1/s1. The van der Waals surface area contributed by atoms with Gasteiger partial charge in [0.1, 0.15) is 17.4 Å². The highest BCUT2D eigenvalue weighted by Gasteiger charge is 2.55. The smallest absolute Gasteiger partial charge is 0.165 e. The van der Waals surface area contributed by atoms with Crippen LogP contribution in [0.1, 0.15) is 19.9 Å². The van der Waals surface area contributed by atoms with E-state index in [1.165, 1.54) is 6.33 Å². The molecule has 1 aromatic carbocycles. The molecular formula is C20H23N5O3S. The predicted molar refractivity (Wildman–Crippen MR) is 110 cm³/mol. The Bertz CT molecular complexity index is 1020. The summed E-state index contributed by atoms with van der Waals surface area (Å²) in [6.07, 6.45) is 3.24. The van der Waals surface area contributed by atoms with Gasteiger partial charge in [0.05, 0.1) is 37.4 Å². The number of hydrogen-bond acceptors (Lipinski definition) is 8. The van der Waals surface area contributed by atoms with Gasteiger partial charge in [0, 0.05) is 4.90 Å². The molecule has 2 aliphatic rings. The second-order valence-electron chi connectivity index (χ2n) is 7.85. The van der Waals surface area contributed by atoms with Crippen LogP contribution in [0.25, 0.3) is 11.2 Å². The molecule has 0 radical (unpaired) electrons. The maximum atomic E-state index is 6.38. The minimum atomic E-state index is -0.613. The van der Waals surface area contributed by atoms with Crippen molar-refractivity contribution in [2.24, 2.45) is 0 Å². The zero-order valence-electron chi connectivity index (χ0n) is 16.3. The average molecular weight is 414 g/mol. The molecule has 29 heavy (non-hydrogen) atoms. The number of aromatic nitrogens is 4. The zero-order chi connectivity index (χ0) is 20.1. The molecule has 8 nitrogen and oxygen atoms in total. The van der Waals surface area contributed by atoms with E-state index in [1.54, 1.807) is 18.1 Å². The lowest BCUT2D eigenvalue weighted by Gasteiger charge is -2.43. The fraction of sp³-hybridized carbons (Fsp3) is 0.450. The summed E-state index contributed by atoms with van der Waals surface area (Å²) >= 11 is 1.77. The Balaban J connectivity index is 1.54. The van der Waals surface area contributed by atoms with Gasteiger partial charge in [-0.2, -0.15) is 0 Å². The summed E-state index contributed by atoms with van der Waals surface area (Å²) in [6, 6.07) is 10.3. The molecule has 0 amide bonds. The first-order chi connectivity index (χ1) is 14.0. The summed E-state index contributed by atoms with van der Waals surface area (Å²) in [7, 11) is 0. The number of thioether (sulfide) groups is 1. The lowest BCUT2D eigenvalue weighted by Crippen LogP contribution is -2.56. The van der Waals surface area contributed by atoms with Gasteiger partial charge in [-0.05, 0) is 26.0 Å². The first kappa shape index (κ1) is 18.8. The highest BCUT2D eigenvalue weighted by molar-refractivity contribution is 8.00. The van der Waals surface area contributed by atoms with Gasteiger partial charge in [-0.3, -0.25) is 0 Å². The van der Waals surface area contributed by atoms with Crippen molar-refractivity contribution in [1.82, 2.24) is 19.5 Å². The lowest BCUT2D eigenvalue weighted by atomic mass is 9.97. The summed E-state index contributed by atoms with van der Waals surface area (Å²) in [4.78, 5) is 14.1. The molecule has 0 unspecified atom stereocenters. The summed E-state index contributed by atoms with van der Waals surface area (Å²) in [5.74, 6) is -0.237. The van der Waals surface area contributed by atoms with Crippen molar-refractivity contribution in [3.05, 3.63) is 43.0 Å². The molecule has 0 saturated carbocycles. The Morgan fingerprint density at radius 1 is 1.07 bits per heavy atom. The van der Waals surface area contributed by atoms with E-state index in [4.69, 9.17) is 19.9 Å². The fourth-order valence-electron chi connectivity index (χ4n) is 3.86. The molecule has 3 aromatic rings. The van der Waals surface area contributed by atoms with Gasteiger partial charge in [0.25, 0.3) is 0 Å². The van der Waals surface area contributed by atoms with Gasteiger partial charge < -0.3 is 24.5 Å². The first-order valence-corrected chi connectivity index (χ1v) is 10.4. The Morgan fingerprint density at radius 3 is 2.59 bits per heavy atom. The van der Waals surface area contributed by atoms with Crippen LogP contribution >= 0.6 is 11.8 Å². The largest absolute Gasteiger partial charge is 0.382 e. The van der Waals surface area contributed by atoms with Crippen LogP contribution in [0.3, 0.4) is 0 Å². The fourth-order valence-corrected chi connectivity index (χ4v) is 5.26. The van der Waals surface area contributed by atoms with Crippen LogP contribution in [0.4, 0.5) is 5.82 Å². The van der Waals surface area contributed by atoms with Crippen molar-refractivity contribution in [2.45, 2.75) is 41.4 Å². The Morgan fingerprint density at radius 2 is 1.83 bits per heavy atom. The number of benzene rings is 1. The average Bonchev–Trinajstić information content (AvgIpc) is 3.29. The summed E-state index contributed by atoms with van der Waals surface area (Å²) in [6.45, 7) is 5.28. The van der Waals surface area contributed by atoms with Crippen LogP contribution in [0.2, 0.25) is 0 Å². The normalized spacial score (nSPS) is 25.6. The van der Waals surface area contributed by atoms with Crippen LogP contribution < -0.4 is 5.73 Å². The number of fused-ring (bicyclic) bond motifs is 1. The molecule has 2 fully saturated rings. The lowest BCUT2D eigenvalue weighted by molar-refractivity contribution is -0.300. The zero-order valence-corrected chi connectivity index (χ0v) is 17.1. The first-order valence-electron chi connectivity index (χ1n) is 9.54. The van der Waals surface area contributed by atoms with Gasteiger partial charge in [-0.1, -0.05) is 18.2 Å². The highest BCUT2D eigenvalue weighted by Crippen LogP contribution is 2.48. The van der Waals surface area contributed by atoms with E-state index in [2.05, 4.69) is 27.1 Å². The van der Waals surface area contributed by atoms with Crippen LogP contribution in [-0.4, -0.2) is 56.0 Å². The van der Waals surface area contributed by atoms with E-state index in [-0.39, 0.29) is 11.3 Å². The van der Waals surface area contributed by atoms with Gasteiger partial charge in [-0.15, -0.1) is 11.8 Å². The maximum absolute atomic E-state index is 6.38. The van der Waals surface area contributed by atoms with E-state index in [1.807, 2.05) is 36.6 Å². The molecule has 1 spiro atoms. The van der Waals surface area contributed by atoms with E-state index in [0.717, 1.165) is 4.90 Å². The number of rotatable bonds is 3. The molecule has 2 N–H and O–H groups in total.